The molecule has 1 aromatic heterocycles. The van der Waals surface area contributed by atoms with Gasteiger partial charge in [-0.3, -0.25) is 0 Å². The molecule has 138 valence electrons. The van der Waals surface area contributed by atoms with E-state index in [1.54, 1.807) is 12.3 Å². The Morgan fingerprint density at radius 1 is 1.00 bits per heavy atom. The summed E-state index contributed by atoms with van der Waals surface area (Å²) in [6, 6.07) is 15.3. The van der Waals surface area contributed by atoms with Crippen LogP contribution in [0, 0.1) is 0 Å². The molecule has 0 atom stereocenters. The van der Waals surface area contributed by atoms with E-state index in [1.165, 1.54) is 0 Å². The van der Waals surface area contributed by atoms with E-state index in [4.69, 9.17) is 32.4 Å². The van der Waals surface area contributed by atoms with Gasteiger partial charge in [-0.25, -0.2) is 0 Å². The lowest BCUT2D eigenvalue weighted by molar-refractivity contribution is 0.302. The summed E-state index contributed by atoms with van der Waals surface area (Å²) in [4.78, 5) is 0. The molecule has 0 bridgehead atoms. The van der Waals surface area contributed by atoms with Gasteiger partial charge in [0.05, 0.1) is 22.9 Å². The first kappa shape index (κ1) is 21.1. The second-order valence-corrected chi connectivity index (χ2v) is 7.20. The quantitative estimate of drug-likeness (QED) is 0.414. The Balaban J connectivity index is 0.00000243. The van der Waals surface area contributed by atoms with Crippen LogP contribution in [0.3, 0.4) is 0 Å². The van der Waals surface area contributed by atoms with Gasteiger partial charge in [-0.2, -0.15) is 0 Å². The summed E-state index contributed by atoms with van der Waals surface area (Å²) in [5, 5.41) is 4.42. The van der Waals surface area contributed by atoms with E-state index >= 15 is 0 Å². The van der Waals surface area contributed by atoms with Crippen molar-refractivity contribution in [2.24, 2.45) is 0 Å². The molecule has 0 aliphatic rings. The fourth-order valence-corrected chi connectivity index (χ4v) is 3.08. The highest BCUT2D eigenvalue weighted by Gasteiger charge is 2.07. The molecule has 0 aliphatic carbocycles. The molecule has 0 saturated heterocycles. The second-order valence-electron chi connectivity index (χ2n) is 5.47. The number of nitrogens with one attached hydrogen (secondary N) is 1. The fraction of sp³-hybridized carbons (Fsp3) is 0.158. The molecular formula is C19H17BrCl3NO2. The van der Waals surface area contributed by atoms with Crippen molar-refractivity contribution in [1.29, 1.82) is 0 Å². The minimum Gasteiger partial charge on any atom is -0.489 e. The Hall–Kier alpha value is -1.17. The third kappa shape index (κ3) is 5.93. The van der Waals surface area contributed by atoms with Crippen LogP contribution in [-0.2, 0) is 19.7 Å². The van der Waals surface area contributed by atoms with Gasteiger partial charge < -0.3 is 14.5 Å². The summed E-state index contributed by atoms with van der Waals surface area (Å²) in [5.41, 5.74) is 2.02. The van der Waals surface area contributed by atoms with Gasteiger partial charge in [0.2, 0.25) is 0 Å². The van der Waals surface area contributed by atoms with E-state index in [-0.39, 0.29) is 12.4 Å². The molecule has 7 heteroatoms. The van der Waals surface area contributed by atoms with E-state index in [1.807, 2.05) is 42.5 Å². The van der Waals surface area contributed by atoms with E-state index in [9.17, 15) is 0 Å². The molecule has 2 aromatic carbocycles. The average Bonchev–Trinajstić information content (AvgIpc) is 3.10. The van der Waals surface area contributed by atoms with Crippen LogP contribution >= 0.6 is 51.5 Å². The molecule has 26 heavy (non-hydrogen) atoms. The number of halogens is 4. The number of ether oxygens (including phenoxy) is 1. The number of benzene rings is 2. The monoisotopic (exact) mass is 475 g/mol. The molecular weight excluding hydrogens is 460 g/mol. The Labute approximate surface area is 177 Å². The van der Waals surface area contributed by atoms with E-state index in [0.717, 1.165) is 27.1 Å². The summed E-state index contributed by atoms with van der Waals surface area (Å²) < 4.78 is 12.3. The normalized spacial score (nSPS) is 10.4. The van der Waals surface area contributed by atoms with Crippen LogP contribution in [0.1, 0.15) is 16.9 Å². The first-order valence-electron chi connectivity index (χ1n) is 7.70. The smallest absolute Gasteiger partial charge is 0.124 e. The standard InChI is InChI=1S/C19H16BrCl2NO2.ClH/c20-15-4-6-19(25-12-13-3-5-17(21)18(22)8-13)14(9-15)10-23-11-16-2-1-7-24-16;/h1-9,23H,10-12H2;1H. The van der Waals surface area contributed by atoms with Crippen molar-refractivity contribution in [3.63, 3.8) is 0 Å². The molecule has 0 radical (unpaired) electrons. The Morgan fingerprint density at radius 3 is 2.58 bits per heavy atom. The summed E-state index contributed by atoms with van der Waals surface area (Å²) in [6.45, 7) is 1.74. The zero-order valence-corrected chi connectivity index (χ0v) is 17.6. The van der Waals surface area contributed by atoms with Crippen LogP contribution < -0.4 is 10.1 Å². The lowest BCUT2D eigenvalue weighted by Gasteiger charge is -2.13. The fourth-order valence-electron chi connectivity index (χ4n) is 2.35. The molecule has 3 nitrogen and oxygen atoms in total. The third-order valence-electron chi connectivity index (χ3n) is 3.60. The topological polar surface area (TPSA) is 34.4 Å². The zero-order valence-electron chi connectivity index (χ0n) is 13.7. The van der Waals surface area contributed by atoms with Crippen molar-refractivity contribution in [2.45, 2.75) is 19.7 Å². The Kier molecular flexibility index (Phi) is 8.32. The lowest BCUT2D eigenvalue weighted by Crippen LogP contribution is -2.13. The highest BCUT2D eigenvalue weighted by molar-refractivity contribution is 9.10. The summed E-state index contributed by atoms with van der Waals surface area (Å²) in [5.74, 6) is 1.72. The van der Waals surface area contributed by atoms with E-state index in [2.05, 4.69) is 21.2 Å². The highest BCUT2D eigenvalue weighted by atomic mass is 79.9. The highest BCUT2D eigenvalue weighted by Crippen LogP contribution is 2.26. The van der Waals surface area contributed by atoms with E-state index in [0.29, 0.717) is 29.7 Å². The molecule has 0 saturated carbocycles. The largest absolute Gasteiger partial charge is 0.489 e. The van der Waals surface area contributed by atoms with Crippen molar-refractivity contribution < 1.29 is 9.15 Å². The maximum atomic E-state index is 6.05. The minimum atomic E-state index is 0. The molecule has 1 heterocycles. The summed E-state index contributed by atoms with van der Waals surface area (Å²) in [6.07, 6.45) is 1.67. The second kappa shape index (κ2) is 10.2. The molecule has 0 aliphatic heterocycles. The number of hydrogen-bond donors (Lipinski definition) is 1. The van der Waals surface area contributed by atoms with Crippen molar-refractivity contribution >= 4 is 51.5 Å². The van der Waals surface area contributed by atoms with Gasteiger partial charge in [-0.1, -0.05) is 45.2 Å². The predicted molar refractivity (Wildman–Crippen MR) is 111 cm³/mol. The lowest BCUT2D eigenvalue weighted by atomic mass is 10.2. The summed E-state index contributed by atoms with van der Waals surface area (Å²) in [7, 11) is 0. The molecule has 0 spiro atoms. The third-order valence-corrected chi connectivity index (χ3v) is 4.83. The van der Waals surface area contributed by atoms with Gasteiger partial charge in [0.25, 0.3) is 0 Å². The first-order valence-corrected chi connectivity index (χ1v) is 9.25. The average molecular weight is 478 g/mol. The van der Waals surface area contributed by atoms with Crippen molar-refractivity contribution in [1.82, 2.24) is 5.32 Å². The maximum Gasteiger partial charge on any atom is 0.124 e. The van der Waals surface area contributed by atoms with Gasteiger partial charge in [-0.05, 0) is 48.0 Å². The first-order chi connectivity index (χ1) is 12.1. The Morgan fingerprint density at radius 2 is 1.85 bits per heavy atom. The summed E-state index contributed by atoms with van der Waals surface area (Å²) >= 11 is 15.5. The number of furan rings is 1. The van der Waals surface area contributed by atoms with Crippen molar-refractivity contribution in [3.8, 4) is 5.75 Å². The molecule has 1 N–H and O–H groups in total. The molecule has 0 amide bonds. The van der Waals surface area contributed by atoms with Crippen LogP contribution in [0.2, 0.25) is 10.0 Å². The van der Waals surface area contributed by atoms with Crippen LogP contribution in [0.5, 0.6) is 5.75 Å². The minimum absolute atomic E-state index is 0. The van der Waals surface area contributed by atoms with E-state index < -0.39 is 0 Å². The molecule has 0 fully saturated rings. The van der Waals surface area contributed by atoms with Gasteiger partial charge in [0.15, 0.2) is 0 Å². The van der Waals surface area contributed by atoms with Crippen LogP contribution in [-0.4, -0.2) is 0 Å². The predicted octanol–water partition coefficient (Wildman–Crippen LogP) is 6.64. The van der Waals surface area contributed by atoms with Gasteiger partial charge in [-0.15, -0.1) is 12.4 Å². The SMILES string of the molecule is Cl.Clc1ccc(COc2ccc(Br)cc2CNCc2ccco2)cc1Cl. The van der Waals surface area contributed by atoms with Crippen LogP contribution in [0.4, 0.5) is 0 Å². The van der Waals surface area contributed by atoms with Crippen molar-refractivity contribution in [2.75, 3.05) is 0 Å². The van der Waals surface area contributed by atoms with Gasteiger partial charge in [0, 0.05) is 16.6 Å². The number of rotatable bonds is 7. The van der Waals surface area contributed by atoms with Crippen LogP contribution in [0.25, 0.3) is 0 Å². The van der Waals surface area contributed by atoms with Gasteiger partial charge in [0.1, 0.15) is 18.1 Å². The van der Waals surface area contributed by atoms with Gasteiger partial charge >= 0.3 is 0 Å². The molecule has 3 rings (SSSR count). The number of hydrogen-bond acceptors (Lipinski definition) is 3. The zero-order chi connectivity index (χ0) is 17.6. The Bertz CT molecular complexity index is 841. The molecule has 3 aromatic rings. The maximum absolute atomic E-state index is 6.05. The van der Waals surface area contributed by atoms with Crippen LogP contribution in [0.15, 0.2) is 63.7 Å². The van der Waals surface area contributed by atoms with Crippen molar-refractivity contribution in [3.05, 3.63) is 86.2 Å². The molecule has 0 unspecified atom stereocenters.